The molecule has 0 bridgehead atoms. The topological polar surface area (TPSA) is 34.1 Å². The van der Waals surface area contributed by atoms with Crippen molar-refractivity contribution in [2.24, 2.45) is 0 Å². The summed E-state index contributed by atoms with van der Waals surface area (Å²) in [5, 5.41) is 0.243. The Morgan fingerprint density at radius 3 is 1.17 bits per heavy atom. The van der Waals surface area contributed by atoms with Gasteiger partial charge in [-0.2, -0.15) is 0 Å². The van der Waals surface area contributed by atoms with Crippen LogP contribution >= 0.6 is 22.7 Å². The van der Waals surface area contributed by atoms with Crippen LogP contribution in [-0.2, 0) is 0 Å². The van der Waals surface area contributed by atoms with Crippen molar-refractivity contribution in [3.8, 4) is 11.8 Å². The predicted octanol–water partition coefficient (Wildman–Crippen LogP) is 9.10. The number of carbonyl (C=O) groups excluding carboxylic acids is 2. The summed E-state index contributed by atoms with van der Waals surface area (Å²) in [4.78, 5) is 29.1. The van der Waals surface area contributed by atoms with E-state index in [-0.39, 0.29) is 21.6 Å². The molecule has 0 unspecified atom stereocenters. The largest absolute Gasteiger partial charge is 0.289 e. The van der Waals surface area contributed by atoms with Crippen LogP contribution in [0.1, 0.15) is 83.1 Å². The van der Waals surface area contributed by atoms with E-state index in [1.165, 1.54) is 9.00 Å². The van der Waals surface area contributed by atoms with Gasteiger partial charge in [-0.1, -0.05) is 128 Å². The third kappa shape index (κ3) is 6.26. The molecule has 4 aromatic rings. The summed E-state index contributed by atoms with van der Waals surface area (Å²) in [6.45, 7) is 23.2. The monoisotopic (exact) mass is 626 g/mol. The molecule has 2 aromatic carbocycles. The van der Waals surface area contributed by atoms with E-state index < -0.39 is 16.1 Å². The van der Waals surface area contributed by atoms with Gasteiger partial charge >= 0.3 is 0 Å². The number of rotatable bonds is 6. The van der Waals surface area contributed by atoms with E-state index in [1.807, 2.05) is 60.7 Å². The molecule has 0 saturated carbocycles. The van der Waals surface area contributed by atoms with Crippen molar-refractivity contribution in [3.05, 3.63) is 105 Å². The van der Waals surface area contributed by atoms with Crippen LogP contribution in [0.2, 0.25) is 36.3 Å². The second-order valence-electron chi connectivity index (χ2n) is 14.1. The quantitative estimate of drug-likeness (QED) is 0.122. The third-order valence-electron chi connectivity index (χ3n) is 9.30. The smallest absolute Gasteiger partial charge is 0.195 e. The van der Waals surface area contributed by atoms with Crippen molar-refractivity contribution in [3.63, 3.8) is 0 Å². The Balaban J connectivity index is 1.91. The Morgan fingerprint density at radius 2 is 0.881 bits per heavy atom. The lowest BCUT2D eigenvalue weighted by Crippen LogP contribution is -2.47. The highest BCUT2D eigenvalue weighted by atomic mass is 32.1. The van der Waals surface area contributed by atoms with Gasteiger partial charge in [0.15, 0.2) is 11.6 Å². The number of hydrogen-bond acceptors (Lipinski definition) is 4. The predicted molar refractivity (Wildman–Crippen MR) is 188 cm³/mol. The summed E-state index contributed by atoms with van der Waals surface area (Å²) in [6.07, 6.45) is 0. The zero-order valence-corrected chi connectivity index (χ0v) is 30.2. The average Bonchev–Trinajstić information content (AvgIpc) is 3.56. The van der Waals surface area contributed by atoms with E-state index in [4.69, 9.17) is 0 Å². The first-order valence-electron chi connectivity index (χ1n) is 14.5. The molecule has 0 spiro atoms. The molecule has 0 N–H and O–H groups in total. The van der Waals surface area contributed by atoms with Gasteiger partial charge in [-0.05, 0) is 43.1 Å². The normalized spacial score (nSPS) is 12.5. The molecule has 4 rings (SSSR count). The fourth-order valence-electron chi connectivity index (χ4n) is 4.26. The van der Waals surface area contributed by atoms with Gasteiger partial charge in [0.05, 0.1) is 25.9 Å². The maximum absolute atomic E-state index is 13.8. The summed E-state index contributed by atoms with van der Waals surface area (Å²) in [6, 6.07) is 23.1. The van der Waals surface area contributed by atoms with Crippen LogP contribution in [0.15, 0.2) is 72.8 Å². The number of thiophene rings is 2. The molecule has 0 aliphatic heterocycles. The minimum atomic E-state index is -1.91. The summed E-state index contributed by atoms with van der Waals surface area (Å²) >= 11 is 3.32. The Hall–Kier alpha value is -2.83. The van der Waals surface area contributed by atoms with Gasteiger partial charge in [0.25, 0.3) is 0 Å². The molecule has 2 heterocycles. The molecule has 6 heteroatoms. The first-order valence-corrected chi connectivity index (χ1v) is 22.1. The van der Waals surface area contributed by atoms with E-state index in [1.54, 1.807) is 22.7 Å². The van der Waals surface area contributed by atoms with Crippen LogP contribution in [0.25, 0.3) is 0 Å². The van der Waals surface area contributed by atoms with E-state index in [2.05, 4.69) is 91.7 Å². The Bertz CT molecular complexity index is 1540. The van der Waals surface area contributed by atoms with Crippen LogP contribution in [0.5, 0.6) is 0 Å². The van der Waals surface area contributed by atoms with Crippen LogP contribution in [-0.4, -0.2) is 27.7 Å². The summed E-state index contributed by atoms with van der Waals surface area (Å²) in [5.74, 6) is 6.83. The second kappa shape index (κ2) is 11.7. The highest BCUT2D eigenvalue weighted by Crippen LogP contribution is 2.39. The van der Waals surface area contributed by atoms with Gasteiger partial charge in [0.1, 0.15) is 0 Å². The standard InChI is InChI=1S/C36H42O2S2Si2/c1-35(2,3)41(7,8)31-23-27(33(37)25-17-13-11-14-18-25)29(39-31)21-22-30-28(34(38)26-19-15-12-16-20-26)24-32(40-30)42(9,10)36(4,5)6/h11-20,23-24H,1-10H3. The Labute approximate surface area is 262 Å². The Kier molecular flexibility index (Phi) is 8.93. The average molecular weight is 627 g/mol. The first kappa shape index (κ1) is 32.1. The first-order chi connectivity index (χ1) is 19.4. The lowest BCUT2D eigenvalue weighted by atomic mass is 10.0. The molecule has 2 nitrogen and oxygen atoms in total. The summed E-state index contributed by atoms with van der Waals surface area (Å²) in [7, 11) is -3.82. The third-order valence-corrected chi connectivity index (χ3v) is 25.0. The summed E-state index contributed by atoms with van der Waals surface area (Å²) in [5.41, 5.74) is 2.65. The number of carbonyl (C=O) groups is 2. The fraction of sp³-hybridized carbons (Fsp3) is 0.333. The Morgan fingerprint density at radius 1 is 0.571 bits per heavy atom. The zero-order valence-electron chi connectivity index (χ0n) is 26.6. The molecule has 0 amide bonds. The highest BCUT2D eigenvalue weighted by molar-refractivity contribution is 7.28. The van der Waals surface area contributed by atoms with Crippen molar-refractivity contribution in [2.45, 2.75) is 77.8 Å². The molecule has 0 saturated heterocycles. The van der Waals surface area contributed by atoms with Crippen molar-refractivity contribution in [1.82, 2.24) is 0 Å². The highest BCUT2D eigenvalue weighted by Gasteiger charge is 2.40. The van der Waals surface area contributed by atoms with Crippen LogP contribution in [0, 0.1) is 11.8 Å². The molecule has 2 aromatic heterocycles. The van der Waals surface area contributed by atoms with E-state index in [0.29, 0.717) is 22.3 Å². The van der Waals surface area contributed by atoms with Crippen molar-refractivity contribution in [2.75, 3.05) is 0 Å². The minimum absolute atomic E-state index is 0.00478. The van der Waals surface area contributed by atoms with Gasteiger partial charge in [-0.15, -0.1) is 22.7 Å². The maximum atomic E-state index is 13.8. The van der Waals surface area contributed by atoms with Crippen LogP contribution < -0.4 is 9.00 Å². The number of benzene rings is 2. The van der Waals surface area contributed by atoms with Gasteiger partial charge in [0, 0.05) is 22.3 Å². The van der Waals surface area contributed by atoms with Crippen molar-refractivity contribution in [1.29, 1.82) is 0 Å². The lowest BCUT2D eigenvalue weighted by molar-refractivity contribution is 0.103. The molecule has 0 aliphatic rings. The minimum Gasteiger partial charge on any atom is -0.289 e. The maximum Gasteiger partial charge on any atom is 0.195 e. The molecule has 218 valence electrons. The zero-order chi connectivity index (χ0) is 31.1. The molecule has 0 radical (unpaired) electrons. The molecular formula is C36H42O2S2Si2. The van der Waals surface area contributed by atoms with E-state index in [9.17, 15) is 9.59 Å². The summed E-state index contributed by atoms with van der Waals surface area (Å²) < 4.78 is 2.54. The molecule has 0 atom stereocenters. The molecule has 0 aliphatic carbocycles. The SMILES string of the molecule is CC(C)(C)[Si](C)(C)c1cc(C(=O)c2ccccc2)c(C#Cc2sc([Si](C)(C)C(C)(C)C)cc2C(=O)c2ccccc2)s1. The number of hydrogen-bond donors (Lipinski definition) is 0. The molecule has 0 fully saturated rings. The van der Waals surface area contributed by atoms with Crippen LogP contribution in [0.3, 0.4) is 0 Å². The second-order valence-corrected chi connectivity index (χ2v) is 27.5. The van der Waals surface area contributed by atoms with Crippen LogP contribution in [0.4, 0.5) is 0 Å². The van der Waals surface area contributed by atoms with Gasteiger partial charge in [-0.3, -0.25) is 9.59 Å². The van der Waals surface area contributed by atoms with Gasteiger partial charge in [-0.25, -0.2) is 0 Å². The lowest BCUT2D eigenvalue weighted by Gasteiger charge is -2.35. The molecule has 42 heavy (non-hydrogen) atoms. The molecular weight excluding hydrogens is 585 g/mol. The fourth-order valence-corrected chi connectivity index (χ4v) is 12.8. The van der Waals surface area contributed by atoms with E-state index >= 15 is 0 Å². The van der Waals surface area contributed by atoms with Crippen molar-refractivity contribution < 1.29 is 9.59 Å². The van der Waals surface area contributed by atoms with Gasteiger partial charge < -0.3 is 0 Å². The van der Waals surface area contributed by atoms with E-state index in [0.717, 1.165) is 9.75 Å². The number of ketones is 2. The van der Waals surface area contributed by atoms with Crippen molar-refractivity contribution >= 4 is 59.4 Å². The van der Waals surface area contributed by atoms with Gasteiger partial charge in [0.2, 0.25) is 0 Å².